The molecular formula is C21H19BrN4OS. The highest BCUT2D eigenvalue weighted by Gasteiger charge is 2.35. The van der Waals surface area contributed by atoms with Crippen LogP contribution in [0.25, 0.3) is 0 Å². The number of rotatable bonds is 3. The first-order chi connectivity index (χ1) is 13.3. The standard InChI is InChI=1S/C21H19BrN4OS/c1-13-18(20(27)25(2)3)19(15-7-4-6-14(10-15)12-23)24-21(28)26(13)17-9-5-8-16(22)11-17/h4-11,19H,1-3H3,(H,24,28). The normalized spacial score (nSPS) is 16.5. The highest BCUT2D eigenvalue weighted by atomic mass is 79.9. The summed E-state index contributed by atoms with van der Waals surface area (Å²) >= 11 is 9.14. The average molecular weight is 455 g/mol. The molecule has 1 amide bonds. The van der Waals surface area contributed by atoms with Crippen LogP contribution in [0.3, 0.4) is 0 Å². The summed E-state index contributed by atoms with van der Waals surface area (Å²) in [5.74, 6) is -0.111. The molecule has 0 bridgehead atoms. The molecule has 0 saturated heterocycles. The maximum Gasteiger partial charge on any atom is 0.253 e. The molecule has 1 aliphatic rings. The topological polar surface area (TPSA) is 59.4 Å². The lowest BCUT2D eigenvalue weighted by Crippen LogP contribution is -2.49. The molecule has 0 spiro atoms. The molecule has 5 nitrogen and oxygen atoms in total. The van der Waals surface area contributed by atoms with E-state index in [9.17, 15) is 10.1 Å². The summed E-state index contributed by atoms with van der Waals surface area (Å²) in [6.45, 7) is 1.89. The number of anilines is 1. The molecule has 2 aromatic carbocycles. The molecule has 1 atom stereocenters. The van der Waals surface area contributed by atoms with Crippen molar-refractivity contribution in [2.45, 2.75) is 13.0 Å². The van der Waals surface area contributed by atoms with E-state index in [1.807, 2.05) is 48.2 Å². The van der Waals surface area contributed by atoms with Gasteiger partial charge in [0, 0.05) is 30.0 Å². The molecule has 3 rings (SSSR count). The second-order valence-corrected chi connectivity index (χ2v) is 7.94. The van der Waals surface area contributed by atoms with Gasteiger partial charge in [0.15, 0.2) is 5.11 Å². The first-order valence-electron chi connectivity index (χ1n) is 8.62. The molecule has 1 heterocycles. The lowest BCUT2D eigenvalue weighted by Gasteiger charge is -2.38. The van der Waals surface area contributed by atoms with Gasteiger partial charge in [-0.15, -0.1) is 0 Å². The minimum Gasteiger partial charge on any atom is -0.351 e. The van der Waals surface area contributed by atoms with Gasteiger partial charge >= 0.3 is 0 Å². The van der Waals surface area contributed by atoms with Crippen LogP contribution in [0.1, 0.15) is 24.1 Å². The predicted octanol–water partition coefficient (Wildman–Crippen LogP) is 4.12. The van der Waals surface area contributed by atoms with Crippen molar-refractivity contribution in [2.75, 3.05) is 19.0 Å². The van der Waals surface area contributed by atoms with Gasteiger partial charge in [-0.1, -0.05) is 34.1 Å². The SMILES string of the molecule is CC1=C(C(=O)N(C)C)C(c2cccc(C#N)c2)NC(=S)N1c1cccc(Br)c1. The van der Waals surface area contributed by atoms with E-state index in [-0.39, 0.29) is 5.91 Å². The summed E-state index contributed by atoms with van der Waals surface area (Å²) in [5, 5.41) is 13.0. The van der Waals surface area contributed by atoms with Gasteiger partial charge in [-0.3, -0.25) is 9.69 Å². The summed E-state index contributed by atoms with van der Waals surface area (Å²) in [4.78, 5) is 16.5. The van der Waals surface area contributed by atoms with Gasteiger partial charge < -0.3 is 10.2 Å². The van der Waals surface area contributed by atoms with E-state index in [4.69, 9.17) is 12.2 Å². The molecule has 7 heteroatoms. The van der Waals surface area contributed by atoms with Crippen molar-refractivity contribution >= 4 is 44.9 Å². The number of hydrogen-bond donors (Lipinski definition) is 1. The Morgan fingerprint density at radius 1 is 1.25 bits per heavy atom. The Balaban J connectivity index is 2.18. The molecule has 28 heavy (non-hydrogen) atoms. The fourth-order valence-electron chi connectivity index (χ4n) is 3.22. The highest BCUT2D eigenvalue weighted by Crippen LogP contribution is 2.35. The van der Waals surface area contributed by atoms with Crippen molar-refractivity contribution in [3.8, 4) is 6.07 Å². The van der Waals surface area contributed by atoms with Crippen LogP contribution in [0.5, 0.6) is 0 Å². The number of halogens is 1. The summed E-state index contributed by atoms with van der Waals surface area (Å²) in [5.41, 5.74) is 3.56. The monoisotopic (exact) mass is 454 g/mol. The van der Waals surface area contributed by atoms with Crippen LogP contribution in [0.15, 0.2) is 64.3 Å². The van der Waals surface area contributed by atoms with Gasteiger partial charge in [-0.25, -0.2) is 0 Å². The number of nitrogens with one attached hydrogen (secondary N) is 1. The zero-order chi connectivity index (χ0) is 20.4. The molecule has 0 saturated carbocycles. The molecule has 1 unspecified atom stereocenters. The molecule has 142 valence electrons. The number of nitrogens with zero attached hydrogens (tertiary/aromatic N) is 3. The van der Waals surface area contributed by atoms with E-state index in [0.29, 0.717) is 16.2 Å². The third-order valence-electron chi connectivity index (χ3n) is 4.54. The average Bonchev–Trinajstić information content (AvgIpc) is 2.67. The molecule has 0 aliphatic carbocycles. The summed E-state index contributed by atoms with van der Waals surface area (Å²) in [7, 11) is 3.45. The zero-order valence-electron chi connectivity index (χ0n) is 15.7. The van der Waals surface area contributed by atoms with Crippen LogP contribution >= 0.6 is 28.1 Å². The number of amides is 1. The van der Waals surface area contributed by atoms with E-state index in [2.05, 4.69) is 27.3 Å². The van der Waals surface area contributed by atoms with Gasteiger partial charge in [0.05, 0.1) is 23.2 Å². The van der Waals surface area contributed by atoms with Crippen LogP contribution in [0, 0.1) is 11.3 Å². The van der Waals surface area contributed by atoms with Crippen molar-refractivity contribution in [3.05, 3.63) is 75.4 Å². The van der Waals surface area contributed by atoms with Crippen molar-refractivity contribution in [1.29, 1.82) is 5.26 Å². The summed E-state index contributed by atoms with van der Waals surface area (Å²) in [6, 6.07) is 16.7. The van der Waals surface area contributed by atoms with Gasteiger partial charge in [-0.05, 0) is 55.0 Å². The fourth-order valence-corrected chi connectivity index (χ4v) is 3.97. The molecule has 0 fully saturated rings. The smallest absolute Gasteiger partial charge is 0.253 e. The lowest BCUT2D eigenvalue weighted by molar-refractivity contribution is -0.125. The first-order valence-corrected chi connectivity index (χ1v) is 9.82. The van der Waals surface area contributed by atoms with E-state index >= 15 is 0 Å². The molecule has 1 aliphatic heterocycles. The Kier molecular flexibility index (Phi) is 5.82. The van der Waals surface area contributed by atoms with Gasteiger partial charge in [0.1, 0.15) is 0 Å². The third-order valence-corrected chi connectivity index (χ3v) is 5.33. The number of thiocarbonyl (C=S) groups is 1. The van der Waals surface area contributed by atoms with Gasteiger partial charge in [0.25, 0.3) is 5.91 Å². The van der Waals surface area contributed by atoms with Crippen LogP contribution in [0.4, 0.5) is 5.69 Å². The van der Waals surface area contributed by atoms with Crippen molar-refractivity contribution in [2.24, 2.45) is 0 Å². The third kappa shape index (κ3) is 3.79. The number of hydrogen-bond acceptors (Lipinski definition) is 3. The van der Waals surface area contributed by atoms with Gasteiger partial charge in [0.2, 0.25) is 0 Å². The molecule has 0 radical (unpaired) electrons. The Hall–Kier alpha value is -2.69. The van der Waals surface area contributed by atoms with E-state index in [1.165, 1.54) is 0 Å². The van der Waals surface area contributed by atoms with Crippen molar-refractivity contribution < 1.29 is 4.79 Å². The van der Waals surface area contributed by atoms with Crippen molar-refractivity contribution in [3.63, 3.8) is 0 Å². The number of carbonyl (C=O) groups is 1. The van der Waals surface area contributed by atoms with E-state index < -0.39 is 6.04 Å². The number of nitriles is 1. The van der Waals surface area contributed by atoms with Crippen LogP contribution in [-0.4, -0.2) is 30.0 Å². The Bertz CT molecular complexity index is 1030. The number of benzene rings is 2. The van der Waals surface area contributed by atoms with Crippen LogP contribution < -0.4 is 10.2 Å². The fraction of sp³-hybridized carbons (Fsp3) is 0.190. The number of likely N-dealkylation sites (N-methyl/N-ethyl adjacent to an activating group) is 1. The van der Waals surface area contributed by atoms with E-state index in [1.54, 1.807) is 31.1 Å². The van der Waals surface area contributed by atoms with Crippen LogP contribution in [0.2, 0.25) is 0 Å². The Morgan fingerprint density at radius 2 is 1.96 bits per heavy atom. The second-order valence-electron chi connectivity index (χ2n) is 6.63. The quantitative estimate of drug-likeness (QED) is 0.706. The molecule has 0 aromatic heterocycles. The predicted molar refractivity (Wildman–Crippen MR) is 118 cm³/mol. The molecule has 1 N–H and O–H groups in total. The maximum absolute atomic E-state index is 13.1. The Morgan fingerprint density at radius 3 is 2.61 bits per heavy atom. The summed E-state index contributed by atoms with van der Waals surface area (Å²) < 4.78 is 0.921. The second kappa shape index (κ2) is 8.13. The highest BCUT2D eigenvalue weighted by molar-refractivity contribution is 9.10. The van der Waals surface area contributed by atoms with E-state index in [0.717, 1.165) is 21.4 Å². The largest absolute Gasteiger partial charge is 0.351 e. The van der Waals surface area contributed by atoms with Crippen LogP contribution in [-0.2, 0) is 4.79 Å². The van der Waals surface area contributed by atoms with Crippen molar-refractivity contribution in [1.82, 2.24) is 10.2 Å². The maximum atomic E-state index is 13.1. The minimum absolute atomic E-state index is 0.111. The zero-order valence-corrected chi connectivity index (χ0v) is 18.1. The summed E-state index contributed by atoms with van der Waals surface area (Å²) in [6.07, 6.45) is 0. The minimum atomic E-state index is -0.431. The Labute approximate surface area is 178 Å². The first kappa shape index (κ1) is 20.1. The lowest BCUT2D eigenvalue weighted by atomic mass is 9.93. The number of allylic oxidation sites excluding steroid dienone is 1. The molecular weight excluding hydrogens is 436 g/mol. The number of carbonyl (C=O) groups excluding carboxylic acids is 1. The van der Waals surface area contributed by atoms with Gasteiger partial charge in [-0.2, -0.15) is 5.26 Å². The molecule has 2 aromatic rings.